The molecule has 0 unspecified atom stereocenters. The Morgan fingerprint density at radius 1 is 1.06 bits per heavy atom. The first-order valence-electron chi connectivity index (χ1n) is 5.96. The van der Waals surface area contributed by atoms with Crippen LogP contribution in [-0.4, -0.2) is 0 Å². The molecule has 2 heteroatoms. The lowest BCUT2D eigenvalue weighted by atomic mass is 10.00. The first-order valence-corrected chi connectivity index (χ1v) is 5.96. The predicted octanol–water partition coefficient (Wildman–Crippen LogP) is 4.27. The fourth-order valence-electron chi connectivity index (χ4n) is 1.52. The highest BCUT2D eigenvalue weighted by molar-refractivity contribution is 5.39. The Kier molecular flexibility index (Phi) is 7.90. The summed E-state index contributed by atoms with van der Waals surface area (Å²) < 4.78 is 0. The van der Waals surface area contributed by atoms with Gasteiger partial charge in [-0.15, -0.1) is 0 Å². The first kappa shape index (κ1) is 14.5. The highest BCUT2D eigenvalue weighted by atomic mass is 14.3. The van der Waals surface area contributed by atoms with Crippen LogP contribution in [0.3, 0.4) is 0 Å². The first-order chi connectivity index (χ1) is 7.73. The van der Waals surface area contributed by atoms with Crippen molar-refractivity contribution in [2.75, 3.05) is 0 Å². The van der Waals surface area contributed by atoms with E-state index in [1.165, 1.54) is 0 Å². The third-order valence-corrected chi connectivity index (χ3v) is 2.55. The van der Waals surface area contributed by atoms with Gasteiger partial charge in [0.05, 0.1) is 12.1 Å². The van der Waals surface area contributed by atoms with E-state index in [9.17, 15) is 0 Å². The summed E-state index contributed by atoms with van der Waals surface area (Å²) in [6.07, 6.45) is 6.39. The summed E-state index contributed by atoms with van der Waals surface area (Å²) in [6, 6.07) is 4.44. The Bertz CT molecular complexity index is 348. The maximum Gasteiger partial charge on any atom is 0.0949 e. The maximum absolute atomic E-state index is 9.00. The minimum atomic E-state index is 0.739. The van der Waals surface area contributed by atoms with Crippen molar-refractivity contribution in [3.63, 3.8) is 0 Å². The van der Waals surface area contributed by atoms with Gasteiger partial charge < -0.3 is 0 Å². The Balaban J connectivity index is 4.99. The van der Waals surface area contributed by atoms with Crippen LogP contribution < -0.4 is 0 Å². The molecule has 0 fully saturated rings. The van der Waals surface area contributed by atoms with Gasteiger partial charge in [0.25, 0.3) is 0 Å². The molecule has 0 spiro atoms. The molecule has 0 aromatic rings. The molecule has 0 aromatic carbocycles. The lowest BCUT2D eigenvalue weighted by Gasteiger charge is -2.03. The third-order valence-electron chi connectivity index (χ3n) is 2.55. The van der Waals surface area contributed by atoms with Gasteiger partial charge >= 0.3 is 0 Å². The molecule has 0 aliphatic heterocycles. The molecule has 0 bridgehead atoms. The third kappa shape index (κ3) is 4.80. The monoisotopic (exact) mass is 216 g/mol. The van der Waals surface area contributed by atoms with Crippen LogP contribution in [0.25, 0.3) is 0 Å². The van der Waals surface area contributed by atoms with Crippen molar-refractivity contribution in [1.29, 1.82) is 10.5 Å². The molecular weight excluding hydrogens is 196 g/mol. The van der Waals surface area contributed by atoms with E-state index < -0.39 is 0 Å². The summed E-state index contributed by atoms with van der Waals surface area (Å²) in [4.78, 5) is 0. The van der Waals surface area contributed by atoms with E-state index in [0.29, 0.717) is 0 Å². The van der Waals surface area contributed by atoms with Gasteiger partial charge in [-0.3, -0.25) is 0 Å². The molecule has 0 saturated carbocycles. The van der Waals surface area contributed by atoms with Crippen LogP contribution in [0, 0.1) is 22.7 Å². The Labute approximate surface area is 98.9 Å². The minimum absolute atomic E-state index is 0.739. The Morgan fingerprint density at radius 2 is 1.75 bits per heavy atom. The van der Waals surface area contributed by atoms with Crippen molar-refractivity contribution in [1.82, 2.24) is 0 Å². The zero-order valence-corrected chi connectivity index (χ0v) is 10.5. The van der Waals surface area contributed by atoms with Gasteiger partial charge in [-0.1, -0.05) is 27.2 Å². The number of allylic oxidation sites excluding steroid dienone is 4. The average Bonchev–Trinajstić information content (AvgIpc) is 2.33. The number of nitriles is 2. The molecule has 0 saturated heterocycles. The molecule has 0 atom stereocenters. The second-order valence-electron chi connectivity index (χ2n) is 3.71. The molecule has 0 aliphatic rings. The zero-order valence-electron chi connectivity index (χ0n) is 10.5. The van der Waals surface area contributed by atoms with Gasteiger partial charge in [0, 0.05) is 11.1 Å². The summed E-state index contributed by atoms with van der Waals surface area (Å²) in [6.45, 7) is 6.10. The molecule has 2 nitrogen and oxygen atoms in total. The van der Waals surface area contributed by atoms with E-state index in [4.69, 9.17) is 10.5 Å². The van der Waals surface area contributed by atoms with Crippen molar-refractivity contribution >= 4 is 0 Å². The van der Waals surface area contributed by atoms with E-state index >= 15 is 0 Å². The second-order valence-corrected chi connectivity index (χ2v) is 3.71. The number of rotatable bonds is 6. The molecule has 16 heavy (non-hydrogen) atoms. The SMILES string of the molecule is CCCC/C(C#N)=C/C(CC)=C(\C#N)CC. The van der Waals surface area contributed by atoms with E-state index in [0.717, 1.165) is 48.8 Å². The van der Waals surface area contributed by atoms with E-state index in [2.05, 4.69) is 19.1 Å². The summed E-state index contributed by atoms with van der Waals surface area (Å²) in [5.41, 5.74) is 2.60. The van der Waals surface area contributed by atoms with Crippen LogP contribution in [-0.2, 0) is 0 Å². The lowest BCUT2D eigenvalue weighted by Crippen LogP contribution is -1.88. The summed E-state index contributed by atoms with van der Waals surface area (Å²) >= 11 is 0. The summed E-state index contributed by atoms with van der Waals surface area (Å²) in [5.74, 6) is 0. The van der Waals surface area contributed by atoms with Gasteiger partial charge in [0.2, 0.25) is 0 Å². The quantitative estimate of drug-likeness (QED) is 0.491. The van der Waals surface area contributed by atoms with Gasteiger partial charge in [-0.2, -0.15) is 10.5 Å². The van der Waals surface area contributed by atoms with E-state index in [1.807, 2.05) is 19.9 Å². The highest BCUT2D eigenvalue weighted by Crippen LogP contribution is 2.17. The van der Waals surface area contributed by atoms with Crippen molar-refractivity contribution in [2.24, 2.45) is 0 Å². The highest BCUT2D eigenvalue weighted by Gasteiger charge is 2.02. The van der Waals surface area contributed by atoms with Crippen molar-refractivity contribution in [3.05, 3.63) is 22.8 Å². The molecule has 86 valence electrons. The van der Waals surface area contributed by atoms with Crippen LogP contribution in [0.15, 0.2) is 22.8 Å². The fraction of sp³-hybridized carbons (Fsp3) is 0.571. The molecule has 0 aromatic heterocycles. The van der Waals surface area contributed by atoms with Crippen molar-refractivity contribution in [2.45, 2.75) is 52.9 Å². The van der Waals surface area contributed by atoms with Crippen molar-refractivity contribution in [3.8, 4) is 12.1 Å². The van der Waals surface area contributed by atoms with Crippen molar-refractivity contribution < 1.29 is 0 Å². The van der Waals surface area contributed by atoms with Crippen LogP contribution in [0.1, 0.15) is 52.9 Å². The van der Waals surface area contributed by atoms with Gasteiger partial charge in [0.1, 0.15) is 0 Å². The summed E-state index contributed by atoms with van der Waals surface area (Å²) in [5, 5.41) is 18.0. The molecule has 0 aliphatic carbocycles. The van der Waals surface area contributed by atoms with Crippen LogP contribution in [0.4, 0.5) is 0 Å². The molecule has 0 N–H and O–H groups in total. The molecule has 0 radical (unpaired) electrons. The second kappa shape index (κ2) is 8.74. The van der Waals surface area contributed by atoms with E-state index in [1.54, 1.807) is 0 Å². The fourth-order valence-corrected chi connectivity index (χ4v) is 1.52. The number of hydrogen-bond donors (Lipinski definition) is 0. The topological polar surface area (TPSA) is 47.6 Å². The smallest absolute Gasteiger partial charge is 0.0949 e. The number of nitrogens with zero attached hydrogens (tertiary/aromatic N) is 2. The number of hydrogen-bond acceptors (Lipinski definition) is 2. The molecule has 0 heterocycles. The molecule has 0 amide bonds. The van der Waals surface area contributed by atoms with E-state index in [-0.39, 0.29) is 0 Å². The molecular formula is C14H20N2. The predicted molar refractivity (Wildman–Crippen MR) is 66.4 cm³/mol. The van der Waals surface area contributed by atoms with Gasteiger partial charge in [-0.25, -0.2) is 0 Å². The van der Waals surface area contributed by atoms with Gasteiger partial charge in [0.15, 0.2) is 0 Å². The minimum Gasteiger partial charge on any atom is -0.193 e. The maximum atomic E-state index is 9.00. The molecule has 0 rings (SSSR count). The Hall–Kier alpha value is -1.54. The largest absolute Gasteiger partial charge is 0.193 e. The lowest BCUT2D eigenvalue weighted by molar-refractivity contribution is 0.798. The Morgan fingerprint density at radius 3 is 2.12 bits per heavy atom. The summed E-state index contributed by atoms with van der Waals surface area (Å²) in [7, 11) is 0. The standard InChI is InChI=1S/C14H20N2/c1-4-7-8-12(10-15)9-13(5-2)14(6-3)11-16/h9H,4-8H2,1-3H3/b12-9-,14-13-. The average molecular weight is 216 g/mol. The van der Waals surface area contributed by atoms with Gasteiger partial charge in [-0.05, 0) is 37.3 Å². The van der Waals surface area contributed by atoms with Crippen LogP contribution in [0.2, 0.25) is 0 Å². The van der Waals surface area contributed by atoms with Crippen LogP contribution in [0.5, 0.6) is 0 Å². The number of unbranched alkanes of at least 4 members (excludes halogenated alkanes) is 1. The zero-order chi connectivity index (χ0) is 12.4. The van der Waals surface area contributed by atoms with Crippen LogP contribution >= 0.6 is 0 Å². The normalized spacial score (nSPS) is 12.7.